The molecule has 17 heavy (non-hydrogen) atoms. The predicted molar refractivity (Wildman–Crippen MR) is 80.5 cm³/mol. The smallest absolute Gasteiger partial charge is 0.168 e. The molecule has 0 aromatic heterocycles. The van der Waals surface area contributed by atoms with E-state index in [1.165, 1.54) is 13.0 Å². The van der Waals surface area contributed by atoms with E-state index in [1.807, 2.05) is 0 Å². The van der Waals surface area contributed by atoms with E-state index in [1.54, 1.807) is 0 Å². The van der Waals surface area contributed by atoms with E-state index in [0.29, 0.717) is 0 Å². The molecule has 0 rings (SSSR count). The summed E-state index contributed by atoms with van der Waals surface area (Å²) in [5.74, 6) is 0. The Kier molecular flexibility index (Phi) is 10.6. The molecule has 0 aliphatic heterocycles. The maximum absolute atomic E-state index is 5.38. The third-order valence-electron chi connectivity index (χ3n) is 2.99. The van der Waals surface area contributed by atoms with E-state index >= 15 is 0 Å². The highest BCUT2D eigenvalue weighted by atomic mass is 32.1. The lowest BCUT2D eigenvalue weighted by molar-refractivity contribution is 0.283. The van der Waals surface area contributed by atoms with Gasteiger partial charge in [-0.2, -0.15) is 0 Å². The first-order valence-electron chi connectivity index (χ1n) is 6.94. The second-order valence-corrected chi connectivity index (χ2v) is 4.58. The molecule has 0 aromatic carbocycles. The fourth-order valence-electron chi connectivity index (χ4n) is 1.77. The third kappa shape index (κ3) is 7.55. The molecule has 0 aliphatic carbocycles. The van der Waals surface area contributed by atoms with Crippen molar-refractivity contribution >= 4 is 17.3 Å². The van der Waals surface area contributed by atoms with Crippen LogP contribution in [0.1, 0.15) is 40.5 Å². The summed E-state index contributed by atoms with van der Waals surface area (Å²) < 4.78 is 0. The van der Waals surface area contributed by atoms with E-state index in [0.717, 1.165) is 44.3 Å². The Morgan fingerprint density at radius 3 is 2.12 bits per heavy atom. The molecule has 3 nitrogen and oxygen atoms in total. The fraction of sp³-hybridized carbons (Fsp3) is 0.923. The average molecular weight is 259 g/mol. The van der Waals surface area contributed by atoms with Gasteiger partial charge in [0.25, 0.3) is 0 Å². The first kappa shape index (κ1) is 16.6. The fourth-order valence-corrected chi connectivity index (χ4v) is 2.09. The molecule has 0 saturated heterocycles. The molecule has 0 aliphatic rings. The Bertz CT molecular complexity index is 193. The zero-order valence-electron chi connectivity index (χ0n) is 12.0. The summed E-state index contributed by atoms with van der Waals surface area (Å²) in [6.45, 7) is 15.2. The molecule has 1 N–H and O–H groups in total. The Morgan fingerprint density at radius 2 is 1.65 bits per heavy atom. The lowest BCUT2D eigenvalue weighted by Gasteiger charge is -2.26. The van der Waals surface area contributed by atoms with E-state index in [2.05, 4.69) is 42.8 Å². The van der Waals surface area contributed by atoms with E-state index in [9.17, 15) is 0 Å². The molecule has 0 heterocycles. The zero-order valence-corrected chi connectivity index (χ0v) is 12.8. The van der Waals surface area contributed by atoms with Crippen molar-refractivity contribution in [1.82, 2.24) is 15.1 Å². The van der Waals surface area contributed by atoms with Gasteiger partial charge in [0.1, 0.15) is 0 Å². The molecule has 0 unspecified atom stereocenters. The maximum Gasteiger partial charge on any atom is 0.168 e. The lowest BCUT2D eigenvalue weighted by Crippen LogP contribution is -2.41. The van der Waals surface area contributed by atoms with Gasteiger partial charge in [0, 0.05) is 19.6 Å². The van der Waals surface area contributed by atoms with E-state index in [4.69, 9.17) is 12.2 Å². The van der Waals surface area contributed by atoms with Crippen molar-refractivity contribution in [3.05, 3.63) is 0 Å². The van der Waals surface area contributed by atoms with Crippen molar-refractivity contribution in [1.29, 1.82) is 0 Å². The summed E-state index contributed by atoms with van der Waals surface area (Å²) in [4.78, 5) is 4.71. The molecule has 0 saturated carbocycles. The number of nitrogens with one attached hydrogen (secondary N) is 1. The van der Waals surface area contributed by atoms with Gasteiger partial charge in [-0.1, -0.05) is 20.8 Å². The van der Waals surface area contributed by atoms with Crippen LogP contribution in [0.2, 0.25) is 0 Å². The van der Waals surface area contributed by atoms with Gasteiger partial charge in [-0.25, -0.2) is 0 Å². The van der Waals surface area contributed by atoms with Gasteiger partial charge in [-0.3, -0.25) is 0 Å². The van der Waals surface area contributed by atoms with Gasteiger partial charge in [-0.05, 0) is 51.6 Å². The molecular formula is C13H29N3S. The van der Waals surface area contributed by atoms with Crippen LogP contribution in [0.3, 0.4) is 0 Å². The third-order valence-corrected chi connectivity index (χ3v) is 3.39. The molecule has 0 bridgehead atoms. The zero-order chi connectivity index (χ0) is 13.1. The van der Waals surface area contributed by atoms with Crippen molar-refractivity contribution in [2.24, 2.45) is 0 Å². The van der Waals surface area contributed by atoms with Crippen molar-refractivity contribution < 1.29 is 0 Å². The van der Waals surface area contributed by atoms with Crippen molar-refractivity contribution in [3.8, 4) is 0 Å². The molecule has 0 radical (unpaired) electrons. The Labute approximate surface area is 113 Å². The van der Waals surface area contributed by atoms with Crippen LogP contribution < -0.4 is 5.32 Å². The van der Waals surface area contributed by atoms with Gasteiger partial charge in [0.15, 0.2) is 5.11 Å². The summed E-state index contributed by atoms with van der Waals surface area (Å²) in [7, 11) is 0. The number of hydrogen-bond acceptors (Lipinski definition) is 2. The van der Waals surface area contributed by atoms with Crippen LogP contribution >= 0.6 is 12.2 Å². The Balaban J connectivity index is 3.84. The summed E-state index contributed by atoms with van der Waals surface area (Å²) in [5.41, 5.74) is 0. The van der Waals surface area contributed by atoms with Crippen LogP contribution in [-0.4, -0.2) is 54.2 Å². The van der Waals surface area contributed by atoms with Crippen LogP contribution in [0.4, 0.5) is 0 Å². The van der Waals surface area contributed by atoms with Gasteiger partial charge in [0.05, 0.1) is 0 Å². The first-order valence-corrected chi connectivity index (χ1v) is 7.35. The number of rotatable bonds is 9. The van der Waals surface area contributed by atoms with Crippen LogP contribution in [0, 0.1) is 0 Å². The predicted octanol–water partition coefficient (Wildman–Crippen LogP) is 2.32. The van der Waals surface area contributed by atoms with Gasteiger partial charge < -0.3 is 15.1 Å². The molecule has 0 aromatic rings. The summed E-state index contributed by atoms with van der Waals surface area (Å²) >= 11 is 5.38. The maximum atomic E-state index is 5.38. The minimum Gasteiger partial charge on any atom is -0.363 e. The van der Waals surface area contributed by atoms with Crippen molar-refractivity contribution in [2.45, 2.75) is 40.5 Å². The van der Waals surface area contributed by atoms with Gasteiger partial charge >= 0.3 is 0 Å². The molecule has 0 amide bonds. The highest BCUT2D eigenvalue weighted by molar-refractivity contribution is 7.80. The van der Waals surface area contributed by atoms with E-state index < -0.39 is 0 Å². The van der Waals surface area contributed by atoms with E-state index in [-0.39, 0.29) is 0 Å². The summed E-state index contributed by atoms with van der Waals surface area (Å²) in [5, 5.41) is 4.20. The number of thiocarbonyl (C=S) groups is 1. The molecule has 0 atom stereocenters. The lowest BCUT2D eigenvalue weighted by atomic mass is 10.3. The Morgan fingerprint density at radius 1 is 1.00 bits per heavy atom. The van der Waals surface area contributed by atoms with Gasteiger partial charge in [0.2, 0.25) is 0 Å². The van der Waals surface area contributed by atoms with Crippen LogP contribution in [0.15, 0.2) is 0 Å². The molecule has 0 fully saturated rings. The topological polar surface area (TPSA) is 18.5 Å². The second-order valence-electron chi connectivity index (χ2n) is 4.19. The van der Waals surface area contributed by atoms with Gasteiger partial charge in [-0.15, -0.1) is 0 Å². The average Bonchev–Trinajstić information content (AvgIpc) is 2.36. The molecule has 102 valence electrons. The standard InChI is InChI=1S/C13H29N3S/c1-5-10-14-13(17)16(8-4)12-9-11-15(6-2)7-3/h5-12H2,1-4H3,(H,14,17). The normalized spacial score (nSPS) is 10.6. The highest BCUT2D eigenvalue weighted by Crippen LogP contribution is 1.96. The highest BCUT2D eigenvalue weighted by Gasteiger charge is 2.07. The van der Waals surface area contributed by atoms with Crippen LogP contribution in [0.25, 0.3) is 0 Å². The number of hydrogen-bond donors (Lipinski definition) is 1. The largest absolute Gasteiger partial charge is 0.363 e. The quantitative estimate of drug-likeness (QED) is 0.640. The monoisotopic (exact) mass is 259 g/mol. The summed E-state index contributed by atoms with van der Waals surface area (Å²) in [6.07, 6.45) is 2.31. The van der Waals surface area contributed by atoms with Crippen molar-refractivity contribution in [2.75, 3.05) is 39.3 Å². The van der Waals surface area contributed by atoms with Crippen LogP contribution in [-0.2, 0) is 0 Å². The second kappa shape index (κ2) is 10.8. The SMILES string of the molecule is CCCNC(=S)N(CC)CCCN(CC)CC. The molecule has 0 spiro atoms. The molecule has 4 heteroatoms. The first-order chi connectivity index (χ1) is 8.19. The molecular weight excluding hydrogens is 230 g/mol. The van der Waals surface area contributed by atoms with Crippen molar-refractivity contribution in [3.63, 3.8) is 0 Å². The summed E-state index contributed by atoms with van der Waals surface area (Å²) in [6, 6.07) is 0. The minimum absolute atomic E-state index is 0.911. The minimum atomic E-state index is 0.911. The number of nitrogens with zero attached hydrogens (tertiary/aromatic N) is 2. The van der Waals surface area contributed by atoms with Crippen LogP contribution in [0.5, 0.6) is 0 Å². The Hall–Kier alpha value is -0.350.